The van der Waals surface area contributed by atoms with Crippen LogP contribution in [0.15, 0.2) is 53.2 Å². The van der Waals surface area contributed by atoms with Gasteiger partial charge in [0, 0.05) is 6.04 Å². The highest BCUT2D eigenvalue weighted by Crippen LogP contribution is 2.29. The second-order valence-corrected chi connectivity index (χ2v) is 4.73. The summed E-state index contributed by atoms with van der Waals surface area (Å²) in [7, 11) is 0. The molecule has 0 bridgehead atoms. The second-order valence-electron chi connectivity index (χ2n) is 4.73. The number of hydrogen-bond acceptors (Lipinski definition) is 2. The molecule has 2 aromatic rings. The molecule has 1 unspecified atom stereocenters. The van der Waals surface area contributed by atoms with Crippen LogP contribution in [0.4, 0.5) is 13.2 Å². The first-order valence-electron chi connectivity index (χ1n) is 6.56. The van der Waals surface area contributed by atoms with Crippen molar-refractivity contribution >= 4 is 6.08 Å². The van der Waals surface area contributed by atoms with Crippen LogP contribution in [0, 0.1) is 0 Å². The Kier molecular flexibility index (Phi) is 4.85. The van der Waals surface area contributed by atoms with Gasteiger partial charge in [-0.05, 0) is 36.8 Å². The Balaban J connectivity index is 1.88. The van der Waals surface area contributed by atoms with Gasteiger partial charge < -0.3 is 9.73 Å². The summed E-state index contributed by atoms with van der Waals surface area (Å²) < 4.78 is 42.5. The third-order valence-corrected chi connectivity index (χ3v) is 2.99. The largest absolute Gasteiger partial charge is 0.468 e. The molecule has 5 heteroatoms. The van der Waals surface area contributed by atoms with Crippen molar-refractivity contribution in [2.45, 2.75) is 25.7 Å². The number of furan rings is 1. The summed E-state index contributed by atoms with van der Waals surface area (Å²) in [4.78, 5) is 0. The molecular weight excluding hydrogens is 279 g/mol. The quantitative estimate of drug-likeness (QED) is 0.879. The molecule has 0 aliphatic rings. The molecule has 112 valence electrons. The molecule has 1 aromatic carbocycles. The predicted molar refractivity (Wildman–Crippen MR) is 75.5 cm³/mol. The van der Waals surface area contributed by atoms with Crippen LogP contribution >= 0.6 is 0 Å². The smallest absolute Gasteiger partial charge is 0.416 e. The average molecular weight is 295 g/mol. The first-order chi connectivity index (χ1) is 9.95. The summed E-state index contributed by atoms with van der Waals surface area (Å²) >= 11 is 0. The fourth-order valence-electron chi connectivity index (χ4n) is 1.78. The molecule has 2 rings (SSSR count). The van der Waals surface area contributed by atoms with Crippen LogP contribution in [0.25, 0.3) is 6.08 Å². The van der Waals surface area contributed by atoms with Crippen LogP contribution in [-0.2, 0) is 12.7 Å². The Morgan fingerprint density at radius 2 is 1.90 bits per heavy atom. The Labute approximate surface area is 121 Å². The molecule has 0 radical (unpaired) electrons. The van der Waals surface area contributed by atoms with Crippen LogP contribution in [-0.4, -0.2) is 6.04 Å². The molecule has 0 amide bonds. The molecule has 0 aliphatic heterocycles. The lowest BCUT2D eigenvalue weighted by molar-refractivity contribution is -0.137. The summed E-state index contributed by atoms with van der Waals surface area (Å²) in [6, 6.07) is 8.86. The van der Waals surface area contributed by atoms with Crippen molar-refractivity contribution < 1.29 is 17.6 Å². The normalized spacial score (nSPS) is 13.7. The van der Waals surface area contributed by atoms with E-state index < -0.39 is 11.7 Å². The van der Waals surface area contributed by atoms with Gasteiger partial charge in [0.05, 0.1) is 18.4 Å². The Bertz CT molecular complexity index is 571. The van der Waals surface area contributed by atoms with Crippen LogP contribution in [0.1, 0.15) is 23.8 Å². The van der Waals surface area contributed by atoms with E-state index in [4.69, 9.17) is 4.42 Å². The van der Waals surface area contributed by atoms with E-state index in [9.17, 15) is 13.2 Å². The first-order valence-corrected chi connectivity index (χ1v) is 6.56. The molecule has 0 saturated heterocycles. The standard InChI is InChI=1S/C16H16F3NO/c1-12(20-11-15-3-2-10-21-15)4-5-13-6-8-14(9-7-13)16(17,18)19/h2-10,12,20H,11H2,1H3/b5-4+. The zero-order valence-electron chi connectivity index (χ0n) is 11.5. The van der Waals surface area contributed by atoms with E-state index in [1.165, 1.54) is 12.1 Å². The maximum absolute atomic E-state index is 12.4. The van der Waals surface area contributed by atoms with E-state index in [-0.39, 0.29) is 6.04 Å². The molecule has 0 saturated carbocycles. The van der Waals surface area contributed by atoms with Crippen LogP contribution in [0.3, 0.4) is 0 Å². The maximum atomic E-state index is 12.4. The van der Waals surface area contributed by atoms with Crippen molar-refractivity contribution in [1.29, 1.82) is 0 Å². The van der Waals surface area contributed by atoms with Gasteiger partial charge in [0.15, 0.2) is 0 Å². The van der Waals surface area contributed by atoms with Crippen LogP contribution < -0.4 is 5.32 Å². The summed E-state index contributed by atoms with van der Waals surface area (Å²) in [5.74, 6) is 0.838. The molecule has 0 aliphatic carbocycles. The molecule has 2 nitrogen and oxygen atoms in total. The highest BCUT2D eigenvalue weighted by atomic mass is 19.4. The lowest BCUT2D eigenvalue weighted by Gasteiger charge is -2.08. The minimum atomic E-state index is -4.29. The van der Waals surface area contributed by atoms with Gasteiger partial charge in [0.25, 0.3) is 0 Å². The number of benzene rings is 1. The second kappa shape index (κ2) is 6.63. The number of rotatable bonds is 5. The van der Waals surface area contributed by atoms with Gasteiger partial charge in [-0.15, -0.1) is 0 Å². The van der Waals surface area contributed by atoms with E-state index in [2.05, 4.69) is 5.32 Å². The van der Waals surface area contributed by atoms with Gasteiger partial charge in [0.1, 0.15) is 5.76 Å². The molecule has 1 aromatic heterocycles. The average Bonchev–Trinajstić information content (AvgIpc) is 2.95. The lowest BCUT2D eigenvalue weighted by Crippen LogP contribution is -2.22. The Morgan fingerprint density at radius 3 is 2.48 bits per heavy atom. The van der Waals surface area contributed by atoms with Crippen molar-refractivity contribution in [3.05, 3.63) is 65.6 Å². The minimum absolute atomic E-state index is 0.0809. The van der Waals surface area contributed by atoms with Crippen molar-refractivity contribution in [2.24, 2.45) is 0 Å². The Morgan fingerprint density at radius 1 is 1.19 bits per heavy atom. The van der Waals surface area contributed by atoms with Gasteiger partial charge in [-0.3, -0.25) is 0 Å². The summed E-state index contributed by atoms with van der Waals surface area (Å²) in [5.41, 5.74) is 0.0956. The summed E-state index contributed by atoms with van der Waals surface area (Å²) in [6.07, 6.45) is 1.01. The van der Waals surface area contributed by atoms with E-state index in [0.717, 1.165) is 23.5 Å². The maximum Gasteiger partial charge on any atom is 0.416 e. The fraction of sp³-hybridized carbons (Fsp3) is 0.250. The summed E-state index contributed by atoms with van der Waals surface area (Å²) in [5, 5.41) is 3.23. The summed E-state index contributed by atoms with van der Waals surface area (Å²) in [6.45, 7) is 2.56. The van der Waals surface area contributed by atoms with E-state index >= 15 is 0 Å². The van der Waals surface area contributed by atoms with Gasteiger partial charge in [0.2, 0.25) is 0 Å². The number of hydrogen-bond donors (Lipinski definition) is 1. The number of alkyl halides is 3. The molecular formula is C16H16F3NO. The lowest BCUT2D eigenvalue weighted by atomic mass is 10.1. The van der Waals surface area contributed by atoms with E-state index in [0.29, 0.717) is 6.54 Å². The first kappa shape index (κ1) is 15.4. The molecule has 21 heavy (non-hydrogen) atoms. The van der Waals surface area contributed by atoms with Gasteiger partial charge >= 0.3 is 6.18 Å². The van der Waals surface area contributed by atoms with Crippen LogP contribution in [0.5, 0.6) is 0 Å². The highest BCUT2D eigenvalue weighted by Gasteiger charge is 2.29. The van der Waals surface area contributed by atoms with Crippen molar-refractivity contribution in [3.63, 3.8) is 0 Å². The van der Waals surface area contributed by atoms with E-state index in [1.54, 1.807) is 12.3 Å². The topological polar surface area (TPSA) is 25.2 Å². The monoisotopic (exact) mass is 295 g/mol. The van der Waals surface area contributed by atoms with Crippen molar-refractivity contribution in [2.75, 3.05) is 0 Å². The van der Waals surface area contributed by atoms with Gasteiger partial charge in [-0.1, -0.05) is 24.3 Å². The van der Waals surface area contributed by atoms with Gasteiger partial charge in [-0.25, -0.2) is 0 Å². The molecule has 0 fully saturated rings. The zero-order chi connectivity index (χ0) is 15.3. The van der Waals surface area contributed by atoms with Crippen molar-refractivity contribution in [3.8, 4) is 0 Å². The molecule has 0 spiro atoms. The van der Waals surface area contributed by atoms with Crippen molar-refractivity contribution in [1.82, 2.24) is 5.32 Å². The third kappa shape index (κ3) is 4.79. The molecule has 1 N–H and O–H groups in total. The number of nitrogens with one attached hydrogen (secondary N) is 1. The fourth-order valence-corrected chi connectivity index (χ4v) is 1.78. The minimum Gasteiger partial charge on any atom is -0.468 e. The zero-order valence-corrected chi connectivity index (χ0v) is 11.5. The van der Waals surface area contributed by atoms with E-state index in [1.807, 2.05) is 25.1 Å². The molecule has 1 heterocycles. The highest BCUT2D eigenvalue weighted by molar-refractivity contribution is 5.50. The predicted octanol–water partition coefficient (Wildman–Crippen LogP) is 4.49. The van der Waals surface area contributed by atoms with Gasteiger partial charge in [-0.2, -0.15) is 13.2 Å². The number of halogens is 3. The van der Waals surface area contributed by atoms with Crippen LogP contribution in [0.2, 0.25) is 0 Å². The molecule has 1 atom stereocenters. The Hall–Kier alpha value is -2.01. The third-order valence-electron chi connectivity index (χ3n) is 2.99. The SMILES string of the molecule is CC(/C=C/c1ccc(C(F)(F)F)cc1)NCc1ccco1.